The largest absolute Gasteiger partial charge is 0.492 e. The van der Waals surface area contributed by atoms with Gasteiger partial charge in [0.2, 0.25) is 0 Å². The second-order valence-corrected chi connectivity index (χ2v) is 6.18. The number of benzene rings is 1. The van der Waals surface area contributed by atoms with Crippen LogP contribution in [0.15, 0.2) is 43.9 Å². The van der Waals surface area contributed by atoms with Crippen LogP contribution in [0.5, 0.6) is 5.75 Å². The molecule has 0 saturated carbocycles. The number of rotatable bonds is 7. The van der Waals surface area contributed by atoms with Crippen LogP contribution in [0.3, 0.4) is 0 Å². The molecular weight excluding hydrogens is 386 g/mol. The minimum atomic E-state index is 0.699. The van der Waals surface area contributed by atoms with Crippen molar-refractivity contribution in [2.24, 2.45) is 0 Å². The second kappa shape index (κ2) is 7.86. The van der Waals surface area contributed by atoms with Crippen molar-refractivity contribution in [3.05, 3.63) is 50.8 Å². The summed E-state index contributed by atoms with van der Waals surface area (Å²) in [7, 11) is 0. The molecule has 5 heteroatoms. The summed E-state index contributed by atoms with van der Waals surface area (Å²) in [5, 5.41) is 3.36. The minimum absolute atomic E-state index is 0.699. The van der Waals surface area contributed by atoms with Crippen molar-refractivity contribution in [3.63, 3.8) is 0 Å². The topological polar surface area (TPSA) is 34.4 Å². The Labute approximate surface area is 136 Å². The van der Waals surface area contributed by atoms with Crippen molar-refractivity contribution in [2.75, 3.05) is 6.61 Å². The summed E-state index contributed by atoms with van der Waals surface area (Å²) >= 11 is 7.07. The fourth-order valence-corrected chi connectivity index (χ4v) is 3.27. The van der Waals surface area contributed by atoms with E-state index in [9.17, 15) is 0 Å². The van der Waals surface area contributed by atoms with Gasteiger partial charge in [-0.1, -0.05) is 22.9 Å². The van der Waals surface area contributed by atoms with E-state index in [2.05, 4.69) is 50.2 Å². The average Bonchev–Trinajstić information content (AvgIpc) is 2.91. The van der Waals surface area contributed by atoms with Crippen LogP contribution in [0.4, 0.5) is 0 Å². The molecule has 0 aliphatic rings. The predicted octanol–water partition coefficient (Wildman–Crippen LogP) is 4.88. The van der Waals surface area contributed by atoms with Crippen molar-refractivity contribution in [1.82, 2.24) is 5.32 Å². The number of hydrogen-bond acceptors (Lipinski definition) is 3. The Morgan fingerprint density at radius 2 is 2.10 bits per heavy atom. The van der Waals surface area contributed by atoms with Gasteiger partial charge in [-0.2, -0.15) is 0 Å². The number of furan rings is 1. The molecule has 2 rings (SSSR count). The highest BCUT2D eigenvalue weighted by Crippen LogP contribution is 2.33. The SMILES string of the molecule is CCCOc1c(Br)cc(Br)cc1CNCc1ccco1. The molecule has 3 nitrogen and oxygen atoms in total. The molecule has 108 valence electrons. The lowest BCUT2D eigenvalue weighted by Crippen LogP contribution is -2.13. The van der Waals surface area contributed by atoms with Crippen molar-refractivity contribution in [2.45, 2.75) is 26.4 Å². The van der Waals surface area contributed by atoms with Crippen LogP contribution in [-0.4, -0.2) is 6.61 Å². The van der Waals surface area contributed by atoms with Crippen LogP contribution in [0, 0.1) is 0 Å². The first-order chi connectivity index (χ1) is 9.70. The Bertz CT molecular complexity index is 541. The van der Waals surface area contributed by atoms with Gasteiger partial charge in [0.15, 0.2) is 0 Å². The van der Waals surface area contributed by atoms with E-state index in [1.54, 1.807) is 6.26 Å². The summed E-state index contributed by atoms with van der Waals surface area (Å²) in [4.78, 5) is 0. The lowest BCUT2D eigenvalue weighted by molar-refractivity contribution is 0.311. The van der Waals surface area contributed by atoms with Crippen molar-refractivity contribution in [1.29, 1.82) is 0 Å². The molecule has 0 amide bonds. The fourth-order valence-electron chi connectivity index (χ4n) is 1.84. The van der Waals surface area contributed by atoms with Gasteiger partial charge in [-0.25, -0.2) is 0 Å². The summed E-state index contributed by atoms with van der Waals surface area (Å²) in [5.74, 6) is 1.83. The van der Waals surface area contributed by atoms with Gasteiger partial charge in [0.25, 0.3) is 0 Å². The third-order valence-electron chi connectivity index (χ3n) is 2.73. The van der Waals surface area contributed by atoms with Crippen LogP contribution in [0.25, 0.3) is 0 Å². The molecule has 0 radical (unpaired) electrons. The van der Waals surface area contributed by atoms with Crippen LogP contribution in [0.2, 0.25) is 0 Å². The summed E-state index contributed by atoms with van der Waals surface area (Å²) < 4.78 is 13.1. The van der Waals surface area contributed by atoms with E-state index in [1.807, 2.05) is 18.2 Å². The molecule has 1 aromatic carbocycles. The summed E-state index contributed by atoms with van der Waals surface area (Å²) in [6, 6.07) is 7.92. The third kappa shape index (κ3) is 4.36. The maximum atomic E-state index is 5.83. The van der Waals surface area contributed by atoms with E-state index in [0.717, 1.165) is 39.0 Å². The van der Waals surface area contributed by atoms with Gasteiger partial charge in [-0.3, -0.25) is 0 Å². The third-order valence-corrected chi connectivity index (χ3v) is 3.78. The number of halogens is 2. The Kier molecular flexibility index (Phi) is 6.13. The predicted molar refractivity (Wildman–Crippen MR) is 86.9 cm³/mol. The zero-order chi connectivity index (χ0) is 14.4. The highest BCUT2D eigenvalue weighted by Gasteiger charge is 2.10. The highest BCUT2D eigenvalue weighted by atomic mass is 79.9. The Balaban J connectivity index is 2.04. The normalized spacial score (nSPS) is 10.8. The monoisotopic (exact) mass is 401 g/mol. The van der Waals surface area contributed by atoms with Gasteiger partial charge in [0.05, 0.1) is 23.9 Å². The maximum Gasteiger partial charge on any atom is 0.138 e. The van der Waals surface area contributed by atoms with Crippen LogP contribution in [0.1, 0.15) is 24.7 Å². The first-order valence-corrected chi connectivity index (χ1v) is 8.13. The molecular formula is C15H17Br2NO2. The molecule has 1 heterocycles. The Morgan fingerprint density at radius 3 is 2.80 bits per heavy atom. The second-order valence-electron chi connectivity index (χ2n) is 4.41. The lowest BCUT2D eigenvalue weighted by Gasteiger charge is -2.14. The van der Waals surface area contributed by atoms with E-state index in [4.69, 9.17) is 9.15 Å². The highest BCUT2D eigenvalue weighted by molar-refractivity contribution is 9.11. The zero-order valence-corrected chi connectivity index (χ0v) is 14.5. The number of hydrogen-bond donors (Lipinski definition) is 1. The van der Waals surface area contributed by atoms with E-state index in [1.165, 1.54) is 0 Å². The van der Waals surface area contributed by atoms with E-state index in [0.29, 0.717) is 13.2 Å². The number of nitrogens with one attached hydrogen (secondary N) is 1. The quantitative estimate of drug-likeness (QED) is 0.716. The van der Waals surface area contributed by atoms with Gasteiger partial charge < -0.3 is 14.5 Å². The van der Waals surface area contributed by atoms with Crippen molar-refractivity contribution in [3.8, 4) is 5.75 Å². The Hall–Kier alpha value is -0.780. The van der Waals surface area contributed by atoms with E-state index < -0.39 is 0 Å². The molecule has 1 aromatic heterocycles. The van der Waals surface area contributed by atoms with E-state index >= 15 is 0 Å². The van der Waals surface area contributed by atoms with Crippen molar-refractivity contribution < 1.29 is 9.15 Å². The van der Waals surface area contributed by atoms with Crippen LogP contribution >= 0.6 is 31.9 Å². The van der Waals surface area contributed by atoms with Gasteiger partial charge in [0.1, 0.15) is 11.5 Å². The maximum absolute atomic E-state index is 5.83. The van der Waals surface area contributed by atoms with Crippen molar-refractivity contribution >= 4 is 31.9 Å². The van der Waals surface area contributed by atoms with Crippen LogP contribution in [-0.2, 0) is 13.1 Å². The summed E-state index contributed by atoms with van der Waals surface area (Å²) in [6.45, 7) is 4.23. The van der Waals surface area contributed by atoms with Crippen LogP contribution < -0.4 is 10.1 Å². The fraction of sp³-hybridized carbons (Fsp3) is 0.333. The molecule has 2 aromatic rings. The zero-order valence-electron chi connectivity index (χ0n) is 11.3. The number of ether oxygens (including phenoxy) is 1. The summed E-state index contributed by atoms with van der Waals surface area (Å²) in [5.41, 5.74) is 1.12. The first-order valence-electron chi connectivity index (χ1n) is 6.54. The molecule has 0 unspecified atom stereocenters. The lowest BCUT2D eigenvalue weighted by atomic mass is 10.2. The summed E-state index contributed by atoms with van der Waals surface area (Å²) in [6.07, 6.45) is 2.67. The smallest absolute Gasteiger partial charge is 0.138 e. The first kappa shape index (κ1) is 15.6. The standard InChI is InChI=1S/C15H17Br2NO2/c1-2-5-20-15-11(7-12(16)8-14(15)17)9-18-10-13-4-3-6-19-13/h3-4,6-8,18H,2,5,9-10H2,1H3. The molecule has 0 aliphatic carbocycles. The molecule has 0 aliphatic heterocycles. The van der Waals surface area contributed by atoms with Gasteiger partial charge >= 0.3 is 0 Å². The molecule has 1 N–H and O–H groups in total. The molecule has 0 saturated heterocycles. The molecule has 20 heavy (non-hydrogen) atoms. The van der Waals surface area contributed by atoms with Gasteiger partial charge in [0, 0.05) is 16.6 Å². The average molecular weight is 403 g/mol. The molecule has 0 bridgehead atoms. The van der Waals surface area contributed by atoms with Gasteiger partial charge in [-0.05, 0) is 46.6 Å². The minimum Gasteiger partial charge on any atom is -0.492 e. The van der Waals surface area contributed by atoms with E-state index in [-0.39, 0.29) is 0 Å². The Morgan fingerprint density at radius 1 is 1.25 bits per heavy atom. The molecule has 0 fully saturated rings. The van der Waals surface area contributed by atoms with Gasteiger partial charge in [-0.15, -0.1) is 0 Å². The molecule has 0 atom stereocenters. The molecule has 0 spiro atoms.